The van der Waals surface area contributed by atoms with Crippen LogP contribution in [0.4, 0.5) is 0 Å². The van der Waals surface area contributed by atoms with Crippen LogP contribution < -0.4 is 0 Å². The van der Waals surface area contributed by atoms with Gasteiger partial charge >= 0.3 is 0 Å². The predicted molar refractivity (Wildman–Crippen MR) is 60.2 cm³/mol. The minimum Gasteiger partial charge on any atom is -0.377 e. The quantitative estimate of drug-likeness (QED) is 0.426. The standard InChI is InChI=1S/C9H17BO4S/c1-5(2)12-4-6-7(11-3)8(14-15)9(10)13-6/h5-9,15H,4H2,1-3H3/t6-,7?,8?,9-/m1/s1. The van der Waals surface area contributed by atoms with Gasteiger partial charge in [-0.3, -0.25) is 0 Å². The maximum atomic E-state index is 5.72. The van der Waals surface area contributed by atoms with Gasteiger partial charge in [0.25, 0.3) is 0 Å². The van der Waals surface area contributed by atoms with E-state index in [2.05, 4.69) is 12.9 Å². The van der Waals surface area contributed by atoms with Crippen molar-refractivity contribution in [2.45, 2.75) is 44.3 Å². The number of ether oxygens (including phenoxy) is 3. The van der Waals surface area contributed by atoms with E-state index in [4.69, 9.17) is 26.2 Å². The van der Waals surface area contributed by atoms with Crippen molar-refractivity contribution in [1.82, 2.24) is 0 Å². The van der Waals surface area contributed by atoms with Crippen LogP contribution in [0.2, 0.25) is 0 Å². The number of hydrogen-bond acceptors (Lipinski definition) is 5. The minimum atomic E-state index is -0.520. The van der Waals surface area contributed by atoms with Gasteiger partial charge in [0, 0.05) is 13.1 Å². The summed E-state index contributed by atoms with van der Waals surface area (Å²) in [6.45, 7) is 4.37. The molecule has 0 aromatic heterocycles. The summed E-state index contributed by atoms with van der Waals surface area (Å²) in [5.74, 6) is 0. The predicted octanol–water partition coefficient (Wildman–Crippen LogP) is 0.550. The highest BCUT2D eigenvalue weighted by molar-refractivity contribution is 7.75. The van der Waals surface area contributed by atoms with Crippen molar-refractivity contribution in [2.75, 3.05) is 13.7 Å². The third kappa shape index (κ3) is 3.36. The summed E-state index contributed by atoms with van der Waals surface area (Å²) >= 11 is 3.76. The van der Waals surface area contributed by atoms with E-state index in [0.29, 0.717) is 6.61 Å². The molecule has 1 aliphatic heterocycles. The Morgan fingerprint density at radius 2 is 2.07 bits per heavy atom. The van der Waals surface area contributed by atoms with Crippen LogP contribution in [0.3, 0.4) is 0 Å². The highest BCUT2D eigenvalue weighted by atomic mass is 32.1. The molecule has 1 saturated heterocycles. The smallest absolute Gasteiger partial charge is 0.118 e. The summed E-state index contributed by atoms with van der Waals surface area (Å²) in [5, 5.41) is 0. The van der Waals surface area contributed by atoms with Crippen molar-refractivity contribution in [3.8, 4) is 0 Å². The van der Waals surface area contributed by atoms with Gasteiger partial charge in [0.2, 0.25) is 0 Å². The zero-order valence-electron chi connectivity index (χ0n) is 9.25. The Morgan fingerprint density at radius 3 is 2.53 bits per heavy atom. The summed E-state index contributed by atoms with van der Waals surface area (Å²) < 4.78 is 21.1. The van der Waals surface area contributed by atoms with Gasteiger partial charge in [0.15, 0.2) is 0 Å². The van der Waals surface area contributed by atoms with Crippen LogP contribution in [-0.2, 0) is 18.4 Å². The molecule has 1 aliphatic rings. The Bertz CT molecular complexity index is 193. The Morgan fingerprint density at radius 1 is 1.40 bits per heavy atom. The molecule has 0 amide bonds. The first-order valence-electron chi connectivity index (χ1n) is 4.95. The van der Waals surface area contributed by atoms with Crippen LogP contribution in [0.5, 0.6) is 0 Å². The van der Waals surface area contributed by atoms with E-state index in [1.54, 1.807) is 7.11 Å². The molecule has 0 saturated carbocycles. The zero-order valence-corrected chi connectivity index (χ0v) is 10.1. The molecule has 2 unspecified atom stereocenters. The fourth-order valence-electron chi connectivity index (χ4n) is 1.58. The van der Waals surface area contributed by atoms with Crippen LogP contribution in [0.15, 0.2) is 0 Å². The van der Waals surface area contributed by atoms with Crippen molar-refractivity contribution in [3.63, 3.8) is 0 Å². The van der Waals surface area contributed by atoms with Gasteiger partial charge in [-0.05, 0) is 26.8 Å². The van der Waals surface area contributed by atoms with Gasteiger partial charge in [-0.25, -0.2) is 0 Å². The lowest BCUT2D eigenvalue weighted by Crippen LogP contribution is -2.37. The molecule has 2 radical (unpaired) electrons. The molecule has 0 aromatic carbocycles. The van der Waals surface area contributed by atoms with E-state index in [-0.39, 0.29) is 24.4 Å². The molecule has 0 N–H and O–H groups in total. The molecule has 4 atom stereocenters. The molecule has 1 rings (SSSR count). The minimum absolute atomic E-state index is 0.151. The van der Waals surface area contributed by atoms with E-state index >= 15 is 0 Å². The molecule has 1 heterocycles. The van der Waals surface area contributed by atoms with Crippen LogP contribution >= 0.6 is 12.9 Å². The van der Waals surface area contributed by atoms with Crippen LogP contribution in [0.1, 0.15) is 13.8 Å². The SMILES string of the molecule is [B][C@@H]1O[C@H](COC(C)C)C(OC)C1OS. The topological polar surface area (TPSA) is 36.9 Å². The third-order valence-electron chi connectivity index (χ3n) is 2.33. The Kier molecular flexibility index (Phi) is 5.42. The zero-order chi connectivity index (χ0) is 11.4. The molecule has 0 spiro atoms. The Labute approximate surface area is 97.6 Å². The second kappa shape index (κ2) is 6.10. The highest BCUT2D eigenvalue weighted by Gasteiger charge is 2.43. The van der Waals surface area contributed by atoms with E-state index < -0.39 is 6.00 Å². The highest BCUT2D eigenvalue weighted by Crippen LogP contribution is 2.25. The van der Waals surface area contributed by atoms with Crippen LogP contribution in [-0.4, -0.2) is 52.0 Å². The summed E-state index contributed by atoms with van der Waals surface area (Å²) in [5.41, 5.74) is 0. The van der Waals surface area contributed by atoms with Gasteiger partial charge in [-0.2, -0.15) is 0 Å². The van der Waals surface area contributed by atoms with Gasteiger partial charge < -0.3 is 18.4 Å². The normalized spacial score (nSPS) is 36.3. The monoisotopic (exact) mass is 232 g/mol. The molecule has 86 valence electrons. The fraction of sp³-hybridized carbons (Fsp3) is 1.00. The summed E-state index contributed by atoms with van der Waals surface area (Å²) in [4.78, 5) is 0. The van der Waals surface area contributed by atoms with E-state index in [9.17, 15) is 0 Å². The average molecular weight is 232 g/mol. The molecular weight excluding hydrogens is 215 g/mol. The first kappa shape index (κ1) is 13.3. The van der Waals surface area contributed by atoms with E-state index in [1.165, 1.54) is 0 Å². The largest absolute Gasteiger partial charge is 0.377 e. The summed E-state index contributed by atoms with van der Waals surface area (Å²) in [7, 11) is 7.31. The molecule has 0 aromatic rings. The van der Waals surface area contributed by atoms with Gasteiger partial charge in [0.05, 0.1) is 12.7 Å². The summed E-state index contributed by atoms with van der Waals surface area (Å²) in [6.07, 6.45) is -0.654. The Hall–Kier alpha value is 0.255. The lowest BCUT2D eigenvalue weighted by atomic mass is 9.93. The Balaban J connectivity index is 2.50. The number of rotatable bonds is 5. The number of hydrogen-bond donors (Lipinski definition) is 1. The number of methoxy groups -OCH3 is 1. The van der Waals surface area contributed by atoms with Crippen molar-refractivity contribution >= 4 is 20.8 Å². The molecule has 1 fully saturated rings. The van der Waals surface area contributed by atoms with Crippen molar-refractivity contribution in [2.24, 2.45) is 0 Å². The molecule has 0 bridgehead atoms. The molecule has 15 heavy (non-hydrogen) atoms. The first-order valence-corrected chi connectivity index (χ1v) is 5.32. The van der Waals surface area contributed by atoms with Gasteiger partial charge in [0.1, 0.15) is 26.2 Å². The molecule has 0 aliphatic carbocycles. The van der Waals surface area contributed by atoms with E-state index in [0.717, 1.165) is 0 Å². The van der Waals surface area contributed by atoms with Crippen molar-refractivity contribution in [1.29, 1.82) is 0 Å². The fourth-order valence-corrected chi connectivity index (χ4v) is 1.82. The second-order valence-electron chi connectivity index (χ2n) is 3.79. The lowest BCUT2D eigenvalue weighted by Gasteiger charge is -2.21. The van der Waals surface area contributed by atoms with Crippen molar-refractivity contribution < 1.29 is 18.4 Å². The maximum Gasteiger partial charge on any atom is 0.118 e. The lowest BCUT2D eigenvalue weighted by molar-refractivity contribution is -0.0599. The second-order valence-corrected chi connectivity index (χ2v) is 4.00. The summed E-state index contributed by atoms with van der Waals surface area (Å²) in [6, 6.07) is -0.520. The van der Waals surface area contributed by atoms with Crippen molar-refractivity contribution in [3.05, 3.63) is 0 Å². The number of thiol groups is 1. The van der Waals surface area contributed by atoms with Gasteiger partial charge in [-0.1, -0.05) is 0 Å². The van der Waals surface area contributed by atoms with Crippen LogP contribution in [0, 0.1) is 0 Å². The molecule has 4 nitrogen and oxygen atoms in total. The maximum absolute atomic E-state index is 5.72. The molecular formula is C9H17BO4S. The first-order chi connectivity index (χ1) is 7.10. The van der Waals surface area contributed by atoms with Gasteiger partial charge in [-0.15, -0.1) is 0 Å². The third-order valence-corrected chi connectivity index (χ3v) is 2.58. The van der Waals surface area contributed by atoms with E-state index in [1.807, 2.05) is 13.8 Å². The molecule has 6 heteroatoms. The average Bonchev–Trinajstić information content (AvgIpc) is 2.50. The van der Waals surface area contributed by atoms with Crippen LogP contribution in [0.25, 0.3) is 0 Å².